The van der Waals surface area contributed by atoms with E-state index in [0.29, 0.717) is 17.3 Å². The predicted molar refractivity (Wildman–Crippen MR) is 39.0 cm³/mol. The maximum absolute atomic E-state index is 12.1. The summed E-state index contributed by atoms with van der Waals surface area (Å²) in [6.45, 7) is -0.392. The smallest absolute Gasteiger partial charge is 0.109 e. The largest absolute Gasteiger partial charge is 0.251 e. The highest BCUT2D eigenvalue weighted by Gasteiger charge is 2.01. The van der Waals surface area contributed by atoms with Gasteiger partial charge < -0.3 is 0 Å². The molecule has 8 heavy (non-hydrogen) atoms. The first-order chi connectivity index (χ1) is 3.81. The number of hydrogen-bond donors (Lipinski definition) is 0. The Kier molecular flexibility index (Phi) is 6.14. The summed E-state index contributed by atoms with van der Waals surface area (Å²) in [6.07, 6.45) is -0.0600. The fourth-order valence-electron chi connectivity index (χ4n) is 0.376. The van der Waals surface area contributed by atoms with Gasteiger partial charge in [0.25, 0.3) is 0 Å². The van der Waals surface area contributed by atoms with Gasteiger partial charge in [-0.2, -0.15) is 0 Å². The number of hydrogen-bond acceptors (Lipinski definition) is 0. The van der Waals surface area contributed by atoms with Crippen molar-refractivity contribution in [3.63, 3.8) is 0 Å². The van der Waals surface area contributed by atoms with Crippen molar-refractivity contribution < 1.29 is 8.78 Å². The maximum Gasteiger partial charge on any atom is 0.109 e. The Hall–Kier alpha value is 0.590. The first-order valence-electron chi connectivity index (χ1n) is 2.57. The molecular formula is C5H9F2I. The van der Waals surface area contributed by atoms with Crippen molar-refractivity contribution in [1.82, 2.24) is 0 Å². The van der Waals surface area contributed by atoms with E-state index in [4.69, 9.17) is 0 Å². The first-order valence-corrected chi connectivity index (χ1v) is 4.09. The third-order valence-corrected chi connectivity index (χ3v) is 1.77. The van der Waals surface area contributed by atoms with Gasteiger partial charge in [-0.1, -0.05) is 22.6 Å². The Bertz CT molecular complexity index is 49.7. The standard InChI is InChI=1S/C5H9F2I/c6-3-1-2-5(7)4-8/h5H,1-4H2. The van der Waals surface area contributed by atoms with Crippen LogP contribution in [0.4, 0.5) is 8.78 Å². The zero-order valence-corrected chi connectivity index (χ0v) is 6.70. The van der Waals surface area contributed by atoms with Crippen LogP contribution in [0.1, 0.15) is 12.8 Å². The van der Waals surface area contributed by atoms with E-state index in [1.165, 1.54) is 0 Å². The first kappa shape index (κ1) is 8.59. The van der Waals surface area contributed by atoms with Crippen molar-refractivity contribution in [2.75, 3.05) is 11.1 Å². The molecule has 0 bridgehead atoms. The van der Waals surface area contributed by atoms with E-state index in [-0.39, 0.29) is 0 Å². The lowest BCUT2D eigenvalue weighted by Gasteiger charge is -1.98. The summed E-state index contributed by atoms with van der Waals surface area (Å²) in [5.41, 5.74) is 0. The van der Waals surface area contributed by atoms with Crippen LogP contribution in [-0.4, -0.2) is 17.3 Å². The van der Waals surface area contributed by atoms with E-state index >= 15 is 0 Å². The van der Waals surface area contributed by atoms with Gasteiger partial charge in [-0.3, -0.25) is 4.39 Å². The monoisotopic (exact) mass is 234 g/mol. The minimum Gasteiger partial charge on any atom is -0.251 e. The second-order valence-electron chi connectivity index (χ2n) is 1.58. The number of halogens is 3. The molecule has 0 radical (unpaired) electrons. The second kappa shape index (κ2) is 5.72. The van der Waals surface area contributed by atoms with E-state index in [0.717, 1.165) is 0 Å². The van der Waals surface area contributed by atoms with Crippen LogP contribution in [0, 0.1) is 0 Å². The van der Waals surface area contributed by atoms with Crippen LogP contribution in [0.2, 0.25) is 0 Å². The van der Waals surface area contributed by atoms with Gasteiger partial charge in [-0.15, -0.1) is 0 Å². The molecule has 0 rings (SSSR count). The van der Waals surface area contributed by atoms with Gasteiger partial charge in [0.2, 0.25) is 0 Å². The number of rotatable bonds is 4. The Morgan fingerprint density at radius 2 is 2.12 bits per heavy atom. The summed E-state index contributed by atoms with van der Waals surface area (Å²) < 4.78 is 23.9. The Morgan fingerprint density at radius 1 is 1.50 bits per heavy atom. The number of alkyl halides is 3. The predicted octanol–water partition coefficient (Wildman–Crippen LogP) is 2.51. The van der Waals surface area contributed by atoms with Crippen LogP contribution >= 0.6 is 22.6 Å². The van der Waals surface area contributed by atoms with Gasteiger partial charge in [0.1, 0.15) is 6.17 Å². The fourth-order valence-corrected chi connectivity index (χ4v) is 0.816. The normalized spacial score (nSPS) is 13.9. The third-order valence-electron chi connectivity index (χ3n) is 0.818. The topological polar surface area (TPSA) is 0 Å². The van der Waals surface area contributed by atoms with Gasteiger partial charge in [-0.25, -0.2) is 4.39 Å². The van der Waals surface area contributed by atoms with E-state index in [2.05, 4.69) is 0 Å². The van der Waals surface area contributed by atoms with Gasteiger partial charge in [0.15, 0.2) is 0 Å². The van der Waals surface area contributed by atoms with Crippen molar-refractivity contribution in [2.45, 2.75) is 19.0 Å². The third kappa shape index (κ3) is 4.74. The van der Waals surface area contributed by atoms with Crippen molar-refractivity contribution in [1.29, 1.82) is 0 Å². The SMILES string of the molecule is FCCCC(F)CI. The van der Waals surface area contributed by atoms with Gasteiger partial charge in [0.05, 0.1) is 6.67 Å². The van der Waals surface area contributed by atoms with Gasteiger partial charge in [0, 0.05) is 4.43 Å². The summed E-state index contributed by atoms with van der Waals surface area (Å²) in [4.78, 5) is 0. The molecule has 0 aliphatic carbocycles. The van der Waals surface area contributed by atoms with E-state index in [1.807, 2.05) is 22.6 Å². The van der Waals surface area contributed by atoms with Crippen LogP contribution in [0.5, 0.6) is 0 Å². The quantitative estimate of drug-likeness (QED) is 0.517. The lowest BCUT2D eigenvalue weighted by molar-refractivity contribution is 0.325. The highest BCUT2D eigenvalue weighted by Crippen LogP contribution is 2.04. The van der Waals surface area contributed by atoms with E-state index < -0.39 is 12.8 Å². The molecule has 0 saturated heterocycles. The van der Waals surface area contributed by atoms with Gasteiger partial charge in [-0.05, 0) is 12.8 Å². The van der Waals surface area contributed by atoms with Crippen molar-refractivity contribution in [3.05, 3.63) is 0 Å². The molecule has 1 unspecified atom stereocenters. The molecule has 0 aliphatic heterocycles. The summed E-state index contributed by atoms with van der Waals surface area (Å²) in [6, 6.07) is 0. The Labute approximate surface area is 61.8 Å². The van der Waals surface area contributed by atoms with Crippen LogP contribution in [-0.2, 0) is 0 Å². The van der Waals surface area contributed by atoms with Crippen LogP contribution in [0.3, 0.4) is 0 Å². The van der Waals surface area contributed by atoms with Gasteiger partial charge >= 0.3 is 0 Å². The molecule has 0 aromatic carbocycles. The van der Waals surface area contributed by atoms with Crippen LogP contribution in [0.25, 0.3) is 0 Å². The Balaban J connectivity index is 2.86. The zero-order chi connectivity index (χ0) is 6.41. The average Bonchev–Trinajstić information content (AvgIpc) is 1.83. The van der Waals surface area contributed by atoms with Crippen LogP contribution in [0.15, 0.2) is 0 Å². The van der Waals surface area contributed by atoms with Crippen molar-refractivity contribution >= 4 is 22.6 Å². The average molecular weight is 234 g/mol. The minimum absolute atomic E-state index is 0.365. The zero-order valence-electron chi connectivity index (χ0n) is 4.54. The van der Waals surface area contributed by atoms with Crippen molar-refractivity contribution in [3.8, 4) is 0 Å². The van der Waals surface area contributed by atoms with Crippen molar-refractivity contribution in [2.24, 2.45) is 0 Å². The summed E-state index contributed by atoms with van der Waals surface area (Å²) >= 11 is 1.96. The summed E-state index contributed by atoms with van der Waals surface area (Å²) in [5, 5.41) is 0. The Morgan fingerprint density at radius 3 is 2.50 bits per heavy atom. The lowest BCUT2D eigenvalue weighted by Crippen LogP contribution is -2.00. The molecule has 0 saturated carbocycles. The van der Waals surface area contributed by atoms with Crippen LogP contribution < -0.4 is 0 Å². The molecule has 1 atom stereocenters. The van der Waals surface area contributed by atoms with E-state index in [9.17, 15) is 8.78 Å². The highest BCUT2D eigenvalue weighted by atomic mass is 127. The molecule has 0 amide bonds. The molecular weight excluding hydrogens is 225 g/mol. The molecule has 3 heteroatoms. The second-order valence-corrected chi connectivity index (χ2v) is 2.46. The molecule has 0 N–H and O–H groups in total. The fraction of sp³-hybridized carbons (Fsp3) is 1.00. The molecule has 0 aromatic rings. The molecule has 50 valence electrons. The summed E-state index contributed by atoms with van der Waals surface area (Å²) in [5.74, 6) is 0. The maximum atomic E-state index is 12.1. The van der Waals surface area contributed by atoms with E-state index in [1.54, 1.807) is 0 Å². The molecule has 0 heterocycles. The molecule has 0 nitrogen and oxygen atoms in total. The lowest BCUT2D eigenvalue weighted by atomic mass is 10.2. The molecule has 0 spiro atoms. The molecule has 0 aromatic heterocycles. The molecule has 0 fully saturated rings. The molecule has 0 aliphatic rings. The summed E-state index contributed by atoms with van der Waals surface area (Å²) in [7, 11) is 0. The highest BCUT2D eigenvalue weighted by molar-refractivity contribution is 14.1. The minimum atomic E-state index is -0.800.